The number of carbonyl (C=O) groups is 1. The van der Waals surface area contributed by atoms with Gasteiger partial charge in [-0.25, -0.2) is 0 Å². The van der Waals surface area contributed by atoms with Gasteiger partial charge in [0.1, 0.15) is 17.3 Å². The number of aliphatic hydroxyl groups is 3. The lowest BCUT2D eigenvalue weighted by Crippen LogP contribution is -2.67. The topological polar surface area (TPSA) is 96.2 Å². The Bertz CT molecular complexity index is 852. The van der Waals surface area contributed by atoms with Crippen molar-refractivity contribution in [3.8, 4) is 11.5 Å². The molecule has 0 bridgehead atoms. The number of hydrogen-bond acceptors (Lipinski definition) is 6. The molecule has 6 heteroatoms. The summed E-state index contributed by atoms with van der Waals surface area (Å²) in [4.78, 5) is 12.5. The second-order valence-electron chi connectivity index (χ2n) is 7.51. The molecule has 0 amide bonds. The summed E-state index contributed by atoms with van der Waals surface area (Å²) in [5.74, 6) is -1.96. The summed E-state index contributed by atoms with van der Waals surface area (Å²) in [6.07, 6.45) is -2.80. The van der Waals surface area contributed by atoms with E-state index in [2.05, 4.69) is 0 Å². The van der Waals surface area contributed by atoms with E-state index in [1.807, 2.05) is 36.4 Å². The Morgan fingerprint density at radius 2 is 1.62 bits per heavy atom. The molecule has 2 aliphatic carbocycles. The summed E-state index contributed by atoms with van der Waals surface area (Å²) in [5.41, 5.74) is 0. The van der Waals surface area contributed by atoms with Crippen LogP contribution in [0, 0.1) is 11.8 Å². The van der Waals surface area contributed by atoms with Crippen molar-refractivity contribution in [1.82, 2.24) is 0 Å². The summed E-state index contributed by atoms with van der Waals surface area (Å²) in [6.45, 7) is 0. The number of ketones is 1. The molecule has 3 N–H and O–H groups in total. The second-order valence-corrected chi connectivity index (χ2v) is 7.51. The van der Waals surface area contributed by atoms with E-state index in [1.165, 1.54) is 0 Å². The van der Waals surface area contributed by atoms with Gasteiger partial charge in [0, 0.05) is 12.8 Å². The first-order chi connectivity index (χ1) is 12.5. The molecule has 0 aromatic heterocycles. The summed E-state index contributed by atoms with van der Waals surface area (Å²) >= 11 is 0. The van der Waals surface area contributed by atoms with E-state index < -0.39 is 35.9 Å². The molecule has 1 aliphatic heterocycles. The lowest BCUT2D eigenvalue weighted by Gasteiger charge is -2.53. The van der Waals surface area contributed by atoms with Crippen molar-refractivity contribution in [1.29, 1.82) is 0 Å². The number of rotatable bonds is 0. The first kappa shape index (κ1) is 16.1. The quantitative estimate of drug-likeness (QED) is 0.660. The third-order valence-corrected chi connectivity index (χ3v) is 6.04. The highest BCUT2D eigenvalue weighted by Gasteiger charge is 2.62. The lowest BCUT2D eigenvalue weighted by molar-refractivity contribution is -0.253. The zero-order valence-electron chi connectivity index (χ0n) is 14.0. The molecular formula is C20H20O6. The maximum Gasteiger partial charge on any atom is 0.257 e. The molecule has 5 unspecified atom stereocenters. The van der Waals surface area contributed by atoms with Gasteiger partial charge in [-0.15, -0.1) is 0 Å². The Kier molecular flexibility index (Phi) is 3.35. The van der Waals surface area contributed by atoms with Crippen LogP contribution in [0.2, 0.25) is 0 Å². The van der Waals surface area contributed by atoms with Crippen molar-refractivity contribution in [2.24, 2.45) is 11.8 Å². The van der Waals surface area contributed by atoms with E-state index in [-0.39, 0.29) is 12.2 Å². The molecular weight excluding hydrogens is 336 g/mol. The van der Waals surface area contributed by atoms with Crippen molar-refractivity contribution in [2.75, 3.05) is 0 Å². The van der Waals surface area contributed by atoms with Gasteiger partial charge in [-0.3, -0.25) is 4.79 Å². The van der Waals surface area contributed by atoms with Crippen LogP contribution in [-0.4, -0.2) is 45.2 Å². The van der Waals surface area contributed by atoms with Gasteiger partial charge in [0.15, 0.2) is 0 Å². The number of Topliss-reactive ketones (excluding diaryl/α,β-unsaturated/α-hetero) is 1. The highest BCUT2D eigenvalue weighted by molar-refractivity contribution is 5.94. The molecule has 3 aliphatic rings. The van der Waals surface area contributed by atoms with Crippen LogP contribution in [0.25, 0.3) is 10.8 Å². The number of ether oxygens (including phenoxy) is 2. The normalized spacial score (nSPS) is 34.9. The standard InChI is InChI=1S/C20H20O6/c21-11-7-8-20(18-17(11)12(22)9-13(23)19(18)24)25-14-5-1-3-10-4-2-6-15(26-20)16(10)14/h1-6,11,13,17-19,21,23-24H,7-9H2. The van der Waals surface area contributed by atoms with Crippen LogP contribution in [-0.2, 0) is 4.79 Å². The molecule has 136 valence electrons. The SMILES string of the molecule is O=C1CC(O)C(O)C2C1C(O)CCC21Oc2cccc3cccc(c23)O1. The van der Waals surface area contributed by atoms with Crippen LogP contribution in [0.3, 0.4) is 0 Å². The number of carbonyl (C=O) groups excluding carboxylic acids is 1. The molecule has 0 radical (unpaired) electrons. The fourth-order valence-corrected chi connectivity index (χ4v) is 4.87. The molecule has 1 heterocycles. The van der Waals surface area contributed by atoms with Crippen LogP contribution in [0.1, 0.15) is 19.3 Å². The van der Waals surface area contributed by atoms with E-state index in [1.54, 1.807) is 0 Å². The zero-order valence-corrected chi connectivity index (χ0v) is 14.0. The van der Waals surface area contributed by atoms with Gasteiger partial charge in [-0.2, -0.15) is 0 Å². The van der Waals surface area contributed by atoms with Crippen LogP contribution in [0.4, 0.5) is 0 Å². The predicted molar refractivity (Wildman–Crippen MR) is 91.8 cm³/mol. The van der Waals surface area contributed by atoms with Crippen LogP contribution in [0.15, 0.2) is 36.4 Å². The molecule has 6 nitrogen and oxygen atoms in total. The molecule has 2 aromatic rings. The Morgan fingerprint density at radius 3 is 2.27 bits per heavy atom. The average molecular weight is 356 g/mol. The molecule has 5 atom stereocenters. The minimum atomic E-state index is -1.29. The van der Waals surface area contributed by atoms with Gasteiger partial charge < -0.3 is 24.8 Å². The minimum absolute atomic E-state index is 0.165. The predicted octanol–water partition coefficient (Wildman–Crippen LogP) is 1.39. The number of fused-ring (bicyclic) bond motifs is 2. The van der Waals surface area contributed by atoms with E-state index in [0.717, 1.165) is 10.8 Å². The Labute approximate surface area is 150 Å². The monoisotopic (exact) mass is 356 g/mol. The first-order valence-corrected chi connectivity index (χ1v) is 8.97. The molecule has 26 heavy (non-hydrogen) atoms. The third-order valence-electron chi connectivity index (χ3n) is 6.04. The Balaban J connectivity index is 1.66. The maximum atomic E-state index is 12.5. The number of aliphatic hydroxyl groups excluding tert-OH is 3. The van der Waals surface area contributed by atoms with Crippen molar-refractivity contribution >= 4 is 16.6 Å². The smallest absolute Gasteiger partial charge is 0.257 e. The van der Waals surface area contributed by atoms with Gasteiger partial charge in [0.05, 0.1) is 35.5 Å². The molecule has 1 spiro atoms. The summed E-state index contributed by atoms with van der Waals surface area (Å²) in [6, 6.07) is 11.4. The first-order valence-electron chi connectivity index (χ1n) is 8.97. The summed E-state index contributed by atoms with van der Waals surface area (Å²) in [7, 11) is 0. The van der Waals surface area contributed by atoms with Crippen LogP contribution >= 0.6 is 0 Å². The Hall–Kier alpha value is -2.15. The minimum Gasteiger partial charge on any atom is -0.451 e. The molecule has 0 saturated heterocycles. The van der Waals surface area contributed by atoms with Crippen molar-refractivity contribution in [3.05, 3.63) is 36.4 Å². The van der Waals surface area contributed by atoms with Crippen LogP contribution < -0.4 is 9.47 Å². The van der Waals surface area contributed by atoms with Gasteiger partial charge >= 0.3 is 0 Å². The molecule has 5 rings (SSSR count). The lowest BCUT2D eigenvalue weighted by atomic mass is 9.63. The van der Waals surface area contributed by atoms with Crippen molar-refractivity contribution in [3.63, 3.8) is 0 Å². The summed E-state index contributed by atoms with van der Waals surface area (Å²) < 4.78 is 12.5. The molecule has 2 aromatic carbocycles. The van der Waals surface area contributed by atoms with E-state index in [9.17, 15) is 20.1 Å². The van der Waals surface area contributed by atoms with E-state index in [4.69, 9.17) is 9.47 Å². The second kappa shape index (κ2) is 5.42. The average Bonchev–Trinajstić information content (AvgIpc) is 2.62. The molecule has 2 saturated carbocycles. The number of benzene rings is 2. The van der Waals surface area contributed by atoms with E-state index in [0.29, 0.717) is 24.3 Å². The third kappa shape index (κ3) is 2.06. The number of hydrogen-bond donors (Lipinski definition) is 3. The largest absolute Gasteiger partial charge is 0.451 e. The van der Waals surface area contributed by atoms with Gasteiger partial charge in [-0.05, 0) is 23.9 Å². The van der Waals surface area contributed by atoms with Gasteiger partial charge in [0.2, 0.25) is 0 Å². The Morgan fingerprint density at radius 1 is 0.962 bits per heavy atom. The van der Waals surface area contributed by atoms with Crippen molar-refractivity contribution in [2.45, 2.75) is 43.4 Å². The fraction of sp³-hybridized carbons (Fsp3) is 0.450. The van der Waals surface area contributed by atoms with Crippen molar-refractivity contribution < 1.29 is 29.6 Å². The summed E-state index contributed by atoms with van der Waals surface area (Å²) in [5, 5.41) is 33.1. The van der Waals surface area contributed by atoms with Gasteiger partial charge in [0.25, 0.3) is 5.79 Å². The zero-order chi connectivity index (χ0) is 18.1. The highest BCUT2D eigenvalue weighted by atomic mass is 16.7. The van der Waals surface area contributed by atoms with E-state index >= 15 is 0 Å². The van der Waals surface area contributed by atoms with Crippen LogP contribution in [0.5, 0.6) is 11.5 Å². The molecule has 2 fully saturated rings. The highest BCUT2D eigenvalue weighted by Crippen LogP contribution is 2.52. The van der Waals surface area contributed by atoms with Gasteiger partial charge in [-0.1, -0.05) is 24.3 Å². The maximum absolute atomic E-state index is 12.5. The fourth-order valence-electron chi connectivity index (χ4n) is 4.87.